The van der Waals surface area contributed by atoms with Gasteiger partial charge in [-0.15, -0.1) is 0 Å². The molecule has 0 saturated heterocycles. The predicted octanol–water partition coefficient (Wildman–Crippen LogP) is 19.8. The number of rotatable bonds is 5. The minimum atomic E-state index is 1.20. The second-order valence-corrected chi connectivity index (χ2v) is 19.1. The molecular weight excluding hydrogens is 841 g/mol. The molecule has 0 unspecified atom stereocenters. The third kappa shape index (κ3) is 5.84. The van der Waals surface area contributed by atoms with Gasteiger partial charge in [0.05, 0.1) is 0 Å². The van der Waals surface area contributed by atoms with Gasteiger partial charge >= 0.3 is 0 Å². The van der Waals surface area contributed by atoms with Crippen LogP contribution in [0.1, 0.15) is 0 Å². The third-order valence-corrected chi connectivity index (χ3v) is 15.4. The predicted molar refractivity (Wildman–Crippen MR) is 302 cm³/mol. The first-order valence-electron chi connectivity index (χ1n) is 24.4. The Morgan fingerprint density at radius 1 is 0.157 bits per heavy atom. The molecule has 70 heavy (non-hydrogen) atoms. The zero-order chi connectivity index (χ0) is 45.9. The molecule has 0 bridgehead atoms. The Balaban J connectivity index is 0.956. The molecule has 15 rings (SSSR count). The zero-order valence-electron chi connectivity index (χ0n) is 38.2. The molecule has 0 aliphatic heterocycles. The summed E-state index contributed by atoms with van der Waals surface area (Å²) >= 11 is 0. The largest absolute Gasteiger partial charge is 0.0616 e. The minimum Gasteiger partial charge on any atom is -0.0616 e. The van der Waals surface area contributed by atoms with E-state index in [4.69, 9.17) is 0 Å². The third-order valence-electron chi connectivity index (χ3n) is 15.4. The van der Waals surface area contributed by atoms with Crippen molar-refractivity contribution < 1.29 is 0 Å². The highest BCUT2D eigenvalue weighted by molar-refractivity contribution is 6.27. The zero-order valence-corrected chi connectivity index (χ0v) is 38.2. The number of fused-ring (bicyclic) bond motifs is 8. The van der Waals surface area contributed by atoms with Crippen LogP contribution < -0.4 is 0 Å². The van der Waals surface area contributed by atoms with Crippen molar-refractivity contribution in [2.75, 3.05) is 0 Å². The first kappa shape index (κ1) is 38.9. The molecule has 0 aliphatic rings. The van der Waals surface area contributed by atoms with Crippen molar-refractivity contribution in [1.29, 1.82) is 0 Å². The van der Waals surface area contributed by atoms with Crippen LogP contribution in [-0.2, 0) is 0 Å². The van der Waals surface area contributed by atoms with Gasteiger partial charge in [0.1, 0.15) is 0 Å². The molecule has 322 valence electrons. The lowest BCUT2D eigenvalue weighted by Crippen LogP contribution is -1.93. The van der Waals surface area contributed by atoms with Crippen LogP contribution in [0.5, 0.6) is 0 Å². The van der Waals surface area contributed by atoms with Gasteiger partial charge in [-0.05, 0) is 171 Å². The summed E-state index contributed by atoms with van der Waals surface area (Å²) in [5.41, 5.74) is 12.3. The van der Waals surface area contributed by atoms with E-state index >= 15 is 0 Å². The fraction of sp³-hybridized carbons (Fsp3) is 0. The monoisotopic (exact) mass is 882 g/mol. The summed E-state index contributed by atoms with van der Waals surface area (Å²) in [6.45, 7) is 0. The Hall–Kier alpha value is -9.10. The molecular formula is C70H42. The summed E-state index contributed by atoms with van der Waals surface area (Å²) in [4.78, 5) is 0. The van der Waals surface area contributed by atoms with Crippen molar-refractivity contribution in [1.82, 2.24) is 0 Å². The maximum atomic E-state index is 2.48. The maximum absolute atomic E-state index is 2.48. The Labute approximate surface area is 405 Å². The Bertz CT molecular complexity index is 4600. The van der Waals surface area contributed by atoms with Crippen molar-refractivity contribution in [2.24, 2.45) is 0 Å². The van der Waals surface area contributed by atoms with Gasteiger partial charge in [0.25, 0.3) is 0 Å². The van der Waals surface area contributed by atoms with Crippen molar-refractivity contribution in [3.63, 3.8) is 0 Å². The Morgan fingerprint density at radius 3 is 1.09 bits per heavy atom. The summed E-state index contributed by atoms with van der Waals surface area (Å²) in [6.07, 6.45) is 0. The lowest BCUT2D eigenvalue weighted by atomic mass is 9.83. The van der Waals surface area contributed by atoms with Crippen LogP contribution in [-0.4, -0.2) is 0 Å². The van der Waals surface area contributed by atoms with Crippen molar-refractivity contribution in [2.45, 2.75) is 0 Å². The number of benzene rings is 15. The maximum Gasteiger partial charge on any atom is -0.00206 e. The molecule has 0 heterocycles. The van der Waals surface area contributed by atoms with Crippen molar-refractivity contribution in [3.05, 3.63) is 255 Å². The molecule has 0 N–H and O–H groups in total. The molecule has 0 saturated carbocycles. The van der Waals surface area contributed by atoms with Crippen LogP contribution in [0.2, 0.25) is 0 Å². The van der Waals surface area contributed by atoms with E-state index in [0.29, 0.717) is 0 Å². The van der Waals surface area contributed by atoms with Crippen molar-refractivity contribution >= 4 is 97.0 Å². The van der Waals surface area contributed by atoms with Gasteiger partial charge in [-0.2, -0.15) is 0 Å². The second-order valence-electron chi connectivity index (χ2n) is 19.1. The average Bonchev–Trinajstić information content (AvgIpc) is 3.43. The molecule has 15 aromatic carbocycles. The topological polar surface area (TPSA) is 0 Å². The molecule has 0 heteroatoms. The van der Waals surface area contributed by atoms with E-state index < -0.39 is 0 Å². The summed E-state index contributed by atoms with van der Waals surface area (Å²) in [7, 11) is 0. The van der Waals surface area contributed by atoms with Gasteiger partial charge in [0.2, 0.25) is 0 Å². The van der Waals surface area contributed by atoms with Crippen LogP contribution in [0, 0.1) is 0 Å². The fourth-order valence-electron chi connectivity index (χ4n) is 12.2. The average molecular weight is 883 g/mol. The Kier molecular flexibility index (Phi) is 8.46. The van der Waals surface area contributed by atoms with Crippen LogP contribution in [0.25, 0.3) is 153 Å². The highest BCUT2D eigenvalue weighted by Gasteiger charge is 2.20. The van der Waals surface area contributed by atoms with E-state index in [0.717, 1.165) is 0 Å². The van der Waals surface area contributed by atoms with Crippen molar-refractivity contribution in [3.8, 4) is 55.6 Å². The van der Waals surface area contributed by atoms with Gasteiger partial charge in [-0.3, -0.25) is 0 Å². The number of hydrogen-bond acceptors (Lipinski definition) is 0. The first-order chi connectivity index (χ1) is 34.7. The summed E-state index contributed by atoms with van der Waals surface area (Å²) in [5, 5.41) is 23.0. The van der Waals surface area contributed by atoms with E-state index in [2.05, 4.69) is 255 Å². The minimum absolute atomic E-state index is 1.20. The lowest BCUT2D eigenvalue weighted by Gasteiger charge is -2.20. The van der Waals surface area contributed by atoms with Gasteiger partial charge in [0.15, 0.2) is 0 Å². The molecule has 0 fully saturated rings. The van der Waals surface area contributed by atoms with Gasteiger partial charge < -0.3 is 0 Å². The van der Waals surface area contributed by atoms with Crippen LogP contribution in [0.4, 0.5) is 0 Å². The van der Waals surface area contributed by atoms with Crippen LogP contribution in [0.15, 0.2) is 255 Å². The first-order valence-corrected chi connectivity index (χ1v) is 24.4. The van der Waals surface area contributed by atoms with Gasteiger partial charge in [-0.25, -0.2) is 0 Å². The van der Waals surface area contributed by atoms with E-state index in [1.807, 2.05) is 0 Å². The lowest BCUT2D eigenvalue weighted by molar-refractivity contribution is 1.63. The second kappa shape index (κ2) is 15.2. The molecule has 0 atom stereocenters. The quantitative estimate of drug-likeness (QED) is 0.119. The van der Waals surface area contributed by atoms with Gasteiger partial charge in [-0.1, -0.05) is 237 Å². The highest BCUT2D eigenvalue weighted by Crippen LogP contribution is 2.48. The highest BCUT2D eigenvalue weighted by atomic mass is 14.2. The Morgan fingerprint density at radius 2 is 0.529 bits per heavy atom. The fourth-order valence-corrected chi connectivity index (χ4v) is 12.2. The summed E-state index contributed by atoms with van der Waals surface area (Å²) in [6, 6.07) is 95.4. The van der Waals surface area contributed by atoms with Crippen LogP contribution >= 0.6 is 0 Å². The van der Waals surface area contributed by atoms with E-state index in [9.17, 15) is 0 Å². The molecule has 0 spiro atoms. The van der Waals surface area contributed by atoms with E-state index in [1.54, 1.807) is 0 Å². The molecule has 0 nitrogen and oxygen atoms in total. The summed E-state index contributed by atoms with van der Waals surface area (Å²) < 4.78 is 0. The standard InChI is InChI=1S/C70H42/c1-3-16-53-50(12-1)40-64(58-20-7-5-18-56(53)58)43-24-28-47(29-25-43)68-60-22-9-10-23-61(60)69(48-30-26-44(27-31-48)65-41-51-13-2-4-17-54(51)57-19-6-8-21-59(57)65)66-42-52(36-39-63(66)68)55-37-34-49-33-32-45-14-11-15-46-35-38-62(55)70(49)67(45)46/h1-42H. The molecule has 0 aliphatic carbocycles. The van der Waals surface area contributed by atoms with Crippen LogP contribution in [0.3, 0.4) is 0 Å². The van der Waals surface area contributed by atoms with E-state index in [-0.39, 0.29) is 0 Å². The molecule has 0 amide bonds. The molecule has 0 radical (unpaired) electrons. The van der Waals surface area contributed by atoms with Gasteiger partial charge in [0, 0.05) is 0 Å². The number of hydrogen-bond donors (Lipinski definition) is 0. The SMILES string of the molecule is c1ccc2c(c1)cc(-c1ccc(-c3c4ccccc4c(-c4ccc(-c5cc6ccccc6c6ccccc56)cc4)c4cc(-c5ccc6ccc7cccc8ccc5c6c78)ccc34)cc1)c1ccccc12. The van der Waals surface area contributed by atoms with E-state index in [1.165, 1.54) is 153 Å². The molecule has 15 aromatic rings. The summed E-state index contributed by atoms with van der Waals surface area (Å²) in [5.74, 6) is 0. The molecule has 0 aromatic heterocycles. The normalized spacial score (nSPS) is 12.0. The smallest absolute Gasteiger partial charge is 0.00206 e.